The van der Waals surface area contributed by atoms with E-state index in [0.29, 0.717) is 0 Å². The third-order valence-electron chi connectivity index (χ3n) is 1.06. The van der Waals surface area contributed by atoms with Crippen LogP contribution in [0, 0.1) is 0 Å². The molecule has 1 aromatic heterocycles. The highest BCUT2D eigenvalue weighted by atomic mass is 16.4. The number of hydrogen-bond donors (Lipinski definition) is 2. The minimum absolute atomic E-state index is 0.0278. The van der Waals surface area contributed by atoms with E-state index in [4.69, 9.17) is 10.3 Å². The van der Waals surface area contributed by atoms with E-state index in [1.807, 2.05) is 0 Å². The Bertz CT molecular complexity index is 275. The normalized spacial score (nSPS) is 11.5. The van der Waals surface area contributed by atoms with E-state index in [0.717, 1.165) is 0 Å². The van der Waals surface area contributed by atoms with Gasteiger partial charge in [0.05, 0.1) is 6.26 Å². The first-order valence-corrected chi connectivity index (χ1v) is 2.75. The highest BCUT2D eigenvalue weighted by Crippen LogP contribution is 2.01. The number of aliphatic carboxylic acids is 1. The summed E-state index contributed by atoms with van der Waals surface area (Å²) in [6.07, 6.45) is 1.30. The van der Waals surface area contributed by atoms with Gasteiger partial charge < -0.3 is 14.7 Å². The molecule has 0 fully saturated rings. The Morgan fingerprint density at radius 1 is 1.64 bits per heavy atom. The largest absolute Gasteiger partial charge is 0.476 e. The summed E-state index contributed by atoms with van der Waals surface area (Å²) < 4.78 is 4.68. The maximum Gasteiger partial charge on any atom is 0.361 e. The van der Waals surface area contributed by atoms with Crippen LogP contribution in [0.25, 0.3) is 0 Å². The van der Waals surface area contributed by atoms with Gasteiger partial charge in [0.15, 0.2) is 5.76 Å². The summed E-state index contributed by atoms with van der Waals surface area (Å²) in [5, 5.41) is 19.2. The van der Waals surface area contributed by atoms with E-state index in [1.54, 1.807) is 0 Å². The molecular weight excluding hydrogens is 150 g/mol. The molecule has 0 amide bonds. The molecule has 0 aromatic carbocycles. The first-order valence-electron chi connectivity index (χ1n) is 2.75. The molecule has 0 saturated heterocycles. The van der Waals surface area contributed by atoms with Gasteiger partial charge in [-0.15, -0.1) is 0 Å². The van der Waals surface area contributed by atoms with E-state index < -0.39 is 11.7 Å². The minimum Gasteiger partial charge on any atom is -0.476 e. The smallest absolute Gasteiger partial charge is 0.361 e. The molecule has 58 valence electrons. The Morgan fingerprint density at radius 2 is 2.36 bits per heavy atom. The zero-order valence-electron chi connectivity index (χ0n) is 5.39. The summed E-state index contributed by atoms with van der Waals surface area (Å²) in [4.78, 5) is 10.3. The third kappa shape index (κ3) is 1.37. The van der Waals surface area contributed by atoms with E-state index in [2.05, 4.69) is 9.57 Å². The van der Waals surface area contributed by atoms with Crippen LogP contribution in [0.2, 0.25) is 0 Å². The number of oxime groups is 1. The molecule has 0 bridgehead atoms. The van der Waals surface area contributed by atoms with Crippen LogP contribution in [0.15, 0.2) is 28.0 Å². The highest BCUT2D eigenvalue weighted by molar-refractivity contribution is 6.41. The zero-order valence-corrected chi connectivity index (χ0v) is 5.39. The van der Waals surface area contributed by atoms with Crippen molar-refractivity contribution in [3.05, 3.63) is 24.2 Å². The lowest BCUT2D eigenvalue weighted by Gasteiger charge is -1.90. The van der Waals surface area contributed by atoms with Crippen molar-refractivity contribution in [1.29, 1.82) is 0 Å². The first kappa shape index (κ1) is 7.33. The molecule has 0 saturated carbocycles. The number of carbonyl (C=O) groups is 1. The average molecular weight is 155 g/mol. The SMILES string of the molecule is O=C(O)C(=NO)c1ccco1. The van der Waals surface area contributed by atoms with Crippen molar-refractivity contribution in [3.8, 4) is 0 Å². The van der Waals surface area contributed by atoms with E-state index >= 15 is 0 Å². The predicted octanol–water partition coefficient (Wildman–Crippen LogP) is 0.542. The topological polar surface area (TPSA) is 83.0 Å². The number of hydrogen-bond acceptors (Lipinski definition) is 4. The second-order valence-corrected chi connectivity index (χ2v) is 1.73. The molecule has 5 heteroatoms. The Balaban J connectivity index is 2.99. The highest BCUT2D eigenvalue weighted by Gasteiger charge is 2.15. The van der Waals surface area contributed by atoms with Crippen molar-refractivity contribution in [1.82, 2.24) is 0 Å². The second-order valence-electron chi connectivity index (χ2n) is 1.73. The van der Waals surface area contributed by atoms with Gasteiger partial charge in [0.2, 0.25) is 5.71 Å². The summed E-state index contributed by atoms with van der Waals surface area (Å²) in [7, 11) is 0. The van der Waals surface area contributed by atoms with Crippen LogP contribution in [0.4, 0.5) is 0 Å². The number of carboxylic acid groups (broad SMARTS) is 1. The van der Waals surface area contributed by atoms with Crippen molar-refractivity contribution in [2.75, 3.05) is 0 Å². The fourth-order valence-electron chi connectivity index (χ4n) is 0.611. The standard InChI is InChI=1S/C6H5NO4/c8-6(9)5(7-10)4-2-1-3-11-4/h1-3,10H,(H,8,9). The zero-order chi connectivity index (χ0) is 8.27. The summed E-state index contributed by atoms with van der Waals surface area (Å²) in [6, 6.07) is 2.90. The Kier molecular flexibility index (Phi) is 1.91. The molecule has 1 rings (SSSR count). The maximum absolute atomic E-state index is 10.3. The monoisotopic (exact) mass is 155 g/mol. The molecular formula is C6H5NO4. The Morgan fingerprint density at radius 3 is 2.73 bits per heavy atom. The van der Waals surface area contributed by atoms with Crippen molar-refractivity contribution < 1.29 is 19.5 Å². The molecule has 0 radical (unpaired) electrons. The molecule has 1 aromatic rings. The summed E-state index contributed by atoms with van der Waals surface area (Å²) in [6.45, 7) is 0. The van der Waals surface area contributed by atoms with Crippen LogP contribution in [0.5, 0.6) is 0 Å². The van der Waals surface area contributed by atoms with Crippen molar-refractivity contribution in [2.24, 2.45) is 5.16 Å². The van der Waals surface area contributed by atoms with Crippen LogP contribution >= 0.6 is 0 Å². The molecule has 0 aliphatic heterocycles. The van der Waals surface area contributed by atoms with Gasteiger partial charge in [-0.3, -0.25) is 0 Å². The molecule has 11 heavy (non-hydrogen) atoms. The third-order valence-corrected chi connectivity index (χ3v) is 1.06. The number of carboxylic acids is 1. The molecule has 0 aliphatic rings. The van der Waals surface area contributed by atoms with Gasteiger partial charge in [-0.05, 0) is 12.1 Å². The first-order chi connectivity index (χ1) is 5.25. The van der Waals surface area contributed by atoms with Crippen LogP contribution in [-0.2, 0) is 4.79 Å². The number of nitrogens with zero attached hydrogens (tertiary/aromatic N) is 1. The van der Waals surface area contributed by atoms with E-state index in [-0.39, 0.29) is 5.76 Å². The Hall–Kier alpha value is -1.78. The molecule has 5 nitrogen and oxygen atoms in total. The average Bonchev–Trinajstić information content (AvgIpc) is 2.40. The fraction of sp³-hybridized carbons (Fsp3) is 0. The van der Waals surface area contributed by atoms with Gasteiger partial charge in [0.25, 0.3) is 0 Å². The molecule has 0 spiro atoms. The lowest BCUT2D eigenvalue weighted by atomic mass is 10.3. The van der Waals surface area contributed by atoms with Gasteiger partial charge >= 0.3 is 5.97 Å². The van der Waals surface area contributed by atoms with Crippen LogP contribution in [0.3, 0.4) is 0 Å². The number of furan rings is 1. The van der Waals surface area contributed by atoms with Crippen molar-refractivity contribution in [2.45, 2.75) is 0 Å². The van der Waals surface area contributed by atoms with E-state index in [9.17, 15) is 4.79 Å². The molecule has 0 unspecified atom stereocenters. The van der Waals surface area contributed by atoms with Gasteiger partial charge in [-0.2, -0.15) is 0 Å². The molecule has 0 atom stereocenters. The molecule has 1 heterocycles. The second kappa shape index (κ2) is 2.87. The summed E-state index contributed by atoms with van der Waals surface area (Å²) in [5.74, 6) is -1.30. The predicted molar refractivity (Wildman–Crippen MR) is 34.7 cm³/mol. The Labute approximate surface area is 61.6 Å². The lowest BCUT2D eigenvalue weighted by molar-refractivity contribution is -0.129. The minimum atomic E-state index is -1.33. The van der Waals surface area contributed by atoms with Crippen LogP contribution in [-0.4, -0.2) is 22.0 Å². The maximum atomic E-state index is 10.3. The quantitative estimate of drug-likeness (QED) is 0.371. The van der Waals surface area contributed by atoms with Crippen LogP contribution < -0.4 is 0 Å². The van der Waals surface area contributed by atoms with Gasteiger partial charge in [0, 0.05) is 0 Å². The van der Waals surface area contributed by atoms with Gasteiger partial charge in [-0.25, -0.2) is 4.79 Å². The van der Waals surface area contributed by atoms with Gasteiger partial charge in [0.1, 0.15) is 0 Å². The fourth-order valence-corrected chi connectivity index (χ4v) is 0.611. The van der Waals surface area contributed by atoms with Crippen molar-refractivity contribution >= 4 is 11.7 Å². The summed E-state index contributed by atoms with van der Waals surface area (Å²) in [5.41, 5.74) is -0.505. The lowest BCUT2D eigenvalue weighted by Crippen LogP contribution is -2.13. The molecule has 2 N–H and O–H groups in total. The number of rotatable bonds is 2. The van der Waals surface area contributed by atoms with Crippen LogP contribution in [0.1, 0.15) is 5.76 Å². The summed E-state index contributed by atoms with van der Waals surface area (Å²) >= 11 is 0. The molecule has 0 aliphatic carbocycles. The van der Waals surface area contributed by atoms with E-state index in [1.165, 1.54) is 18.4 Å². The van der Waals surface area contributed by atoms with Crippen molar-refractivity contribution in [3.63, 3.8) is 0 Å². The van der Waals surface area contributed by atoms with Gasteiger partial charge in [-0.1, -0.05) is 5.16 Å².